The van der Waals surface area contributed by atoms with E-state index in [1.807, 2.05) is 12.1 Å². The number of hydrogen-bond donors (Lipinski definition) is 1. The van der Waals surface area contributed by atoms with Crippen molar-refractivity contribution in [2.45, 2.75) is 23.3 Å². The zero-order chi connectivity index (χ0) is 17.6. The lowest BCUT2D eigenvalue weighted by atomic mass is 9.91. The number of ether oxygens (including phenoxy) is 1. The van der Waals surface area contributed by atoms with Crippen LogP contribution in [0.25, 0.3) is 0 Å². The van der Waals surface area contributed by atoms with E-state index in [9.17, 15) is 8.78 Å². The molecule has 4 nitrogen and oxygen atoms in total. The number of halogens is 3. The largest absolute Gasteiger partial charge is 0.354 e. The minimum Gasteiger partial charge on any atom is -0.354 e. The molecule has 0 unspecified atom stereocenters. The zero-order valence-corrected chi connectivity index (χ0v) is 14.4. The zero-order valence-electron chi connectivity index (χ0n) is 12.7. The lowest BCUT2D eigenvalue weighted by Crippen LogP contribution is -2.22. The molecule has 0 aliphatic carbocycles. The van der Waals surface area contributed by atoms with Crippen LogP contribution in [-0.4, -0.2) is 15.0 Å². The molecule has 1 aliphatic rings. The van der Waals surface area contributed by atoms with Crippen LogP contribution in [0.2, 0.25) is 5.02 Å². The molecule has 0 bridgehead atoms. The molecular formula is C17H12ClF2N3OS. The van der Waals surface area contributed by atoms with Gasteiger partial charge >= 0.3 is 0 Å². The average molecular weight is 380 g/mol. The van der Waals surface area contributed by atoms with Gasteiger partial charge in [-0.15, -0.1) is 17.7 Å². The smallest absolute Gasteiger partial charge is 0.147 e. The van der Waals surface area contributed by atoms with Gasteiger partial charge in [-0.1, -0.05) is 41.1 Å². The van der Waals surface area contributed by atoms with Gasteiger partial charge < -0.3 is 4.74 Å². The van der Waals surface area contributed by atoms with Crippen molar-refractivity contribution in [3.63, 3.8) is 0 Å². The highest BCUT2D eigenvalue weighted by Crippen LogP contribution is 2.59. The van der Waals surface area contributed by atoms with E-state index >= 15 is 0 Å². The Hall–Kier alpha value is -1.96. The van der Waals surface area contributed by atoms with Crippen molar-refractivity contribution in [1.29, 1.82) is 0 Å². The fourth-order valence-electron chi connectivity index (χ4n) is 3.01. The number of aromatic nitrogens is 3. The van der Waals surface area contributed by atoms with Crippen molar-refractivity contribution >= 4 is 24.2 Å². The quantitative estimate of drug-likeness (QED) is 0.546. The topological polar surface area (TPSA) is 43.2 Å². The van der Waals surface area contributed by atoms with Gasteiger partial charge in [0.1, 0.15) is 28.4 Å². The molecule has 1 aliphatic heterocycles. The highest BCUT2D eigenvalue weighted by atomic mass is 35.5. The molecule has 1 fully saturated rings. The van der Waals surface area contributed by atoms with Crippen LogP contribution in [0, 0.1) is 11.6 Å². The van der Waals surface area contributed by atoms with Crippen molar-refractivity contribution in [1.82, 2.24) is 15.0 Å². The molecule has 2 aromatic carbocycles. The number of nitrogens with zero attached hydrogens (tertiary/aromatic N) is 3. The van der Waals surface area contributed by atoms with Crippen LogP contribution in [0.5, 0.6) is 0 Å². The third-order valence-corrected chi connectivity index (χ3v) is 4.94. The standard InChI is InChI=1S/C17H12ClF2N3OS/c18-13-4-2-1-3-11(13)16-17(24-16,9-23-15(25)8-21-22-23)12-6-5-10(19)7-14(12)20/h1-8,16,25H,9H2/t16-,17-/m1/s1. The molecule has 2 heterocycles. The maximum Gasteiger partial charge on any atom is 0.147 e. The van der Waals surface area contributed by atoms with Crippen LogP contribution < -0.4 is 0 Å². The average Bonchev–Trinajstić information content (AvgIpc) is 3.14. The van der Waals surface area contributed by atoms with E-state index in [2.05, 4.69) is 22.9 Å². The van der Waals surface area contributed by atoms with Gasteiger partial charge in [0.2, 0.25) is 0 Å². The second-order valence-electron chi connectivity index (χ2n) is 5.78. The fourth-order valence-corrected chi connectivity index (χ4v) is 3.41. The summed E-state index contributed by atoms with van der Waals surface area (Å²) in [5.41, 5.74) is -0.0932. The summed E-state index contributed by atoms with van der Waals surface area (Å²) in [5.74, 6) is -1.34. The summed E-state index contributed by atoms with van der Waals surface area (Å²) in [5, 5.41) is 8.75. The van der Waals surface area contributed by atoms with E-state index in [0.29, 0.717) is 10.0 Å². The Bertz CT molecular complexity index is 951. The number of epoxide rings is 1. The highest BCUT2D eigenvalue weighted by molar-refractivity contribution is 7.80. The Balaban J connectivity index is 1.80. The first-order valence-electron chi connectivity index (χ1n) is 7.46. The van der Waals surface area contributed by atoms with Crippen LogP contribution >= 0.6 is 24.2 Å². The van der Waals surface area contributed by atoms with E-state index in [0.717, 1.165) is 11.6 Å². The fraction of sp³-hybridized carbons (Fsp3) is 0.176. The third-order valence-electron chi connectivity index (χ3n) is 4.25. The van der Waals surface area contributed by atoms with Crippen LogP contribution in [0.4, 0.5) is 8.78 Å². The van der Waals surface area contributed by atoms with Gasteiger partial charge in [-0.25, -0.2) is 13.5 Å². The predicted octanol–water partition coefficient (Wildman–Crippen LogP) is 4.17. The van der Waals surface area contributed by atoms with Gasteiger partial charge in [0.25, 0.3) is 0 Å². The molecule has 0 amide bonds. The van der Waals surface area contributed by atoms with E-state index in [1.165, 1.54) is 23.0 Å². The maximum atomic E-state index is 14.5. The van der Waals surface area contributed by atoms with Gasteiger partial charge in [-0.2, -0.15) is 0 Å². The van der Waals surface area contributed by atoms with Crippen LogP contribution in [-0.2, 0) is 16.9 Å². The van der Waals surface area contributed by atoms with Crippen LogP contribution in [0.15, 0.2) is 53.7 Å². The van der Waals surface area contributed by atoms with E-state index in [1.54, 1.807) is 12.1 Å². The molecular weight excluding hydrogens is 368 g/mol. The number of rotatable bonds is 4. The molecule has 8 heteroatoms. The summed E-state index contributed by atoms with van der Waals surface area (Å²) < 4.78 is 35.3. The molecule has 0 radical (unpaired) electrons. The monoisotopic (exact) mass is 379 g/mol. The Morgan fingerprint density at radius 3 is 2.72 bits per heavy atom. The normalized spacial score (nSPS) is 22.2. The van der Waals surface area contributed by atoms with Crippen molar-refractivity contribution in [2.75, 3.05) is 0 Å². The minimum atomic E-state index is -1.06. The molecule has 2 atom stereocenters. The number of benzene rings is 2. The summed E-state index contributed by atoms with van der Waals surface area (Å²) in [4.78, 5) is 0. The number of thiol groups is 1. The summed E-state index contributed by atoms with van der Waals surface area (Å²) >= 11 is 10.6. The second kappa shape index (κ2) is 6.09. The maximum absolute atomic E-state index is 14.5. The van der Waals surface area contributed by atoms with Gasteiger partial charge in [-0.05, 0) is 12.1 Å². The van der Waals surface area contributed by atoms with Crippen molar-refractivity contribution in [3.05, 3.63) is 76.4 Å². The SMILES string of the molecule is Fc1ccc([C@@]2(Cn3nncc3S)O[C@@H]2c2ccccc2Cl)c(F)c1. The Morgan fingerprint density at radius 2 is 2.04 bits per heavy atom. The third kappa shape index (κ3) is 2.82. The van der Waals surface area contributed by atoms with E-state index in [4.69, 9.17) is 16.3 Å². The first-order chi connectivity index (χ1) is 12.0. The summed E-state index contributed by atoms with van der Waals surface area (Å²) in [6.07, 6.45) is 0.989. The molecule has 0 spiro atoms. The molecule has 3 aromatic rings. The van der Waals surface area contributed by atoms with Gasteiger partial charge in [0, 0.05) is 22.2 Å². The molecule has 1 aromatic heterocycles. The second-order valence-corrected chi connectivity index (χ2v) is 6.65. The molecule has 1 saturated heterocycles. The molecule has 25 heavy (non-hydrogen) atoms. The summed E-state index contributed by atoms with van der Waals surface area (Å²) in [6, 6.07) is 10.6. The summed E-state index contributed by atoms with van der Waals surface area (Å²) in [7, 11) is 0. The van der Waals surface area contributed by atoms with Gasteiger partial charge in [0.15, 0.2) is 0 Å². The van der Waals surface area contributed by atoms with E-state index < -0.39 is 23.3 Å². The molecule has 4 rings (SSSR count). The van der Waals surface area contributed by atoms with Crippen LogP contribution in [0.1, 0.15) is 17.2 Å². The predicted molar refractivity (Wildman–Crippen MR) is 90.6 cm³/mol. The van der Waals surface area contributed by atoms with Crippen molar-refractivity contribution in [3.8, 4) is 0 Å². The lowest BCUT2D eigenvalue weighted by Gasteiger charge is -2.16. The minimum absolute atomic E-state index is 0.171. The van der Waals surface area contributed by atoms with Crippen molar-refractivity contribution < 1.29 is 13.5 Å². The molecule has 0 saturated carbocycles. The lowest BCUT2D eigenvalue weighted by molar-refractivity contribution is 0.250. The van der Waals surface area contributed by atoms with E-state index in [-0.39, 0.29) is 12.1 Å². The van der Waals surface area contributed by atoms with Gasteiger partial charge in [0.05, 0.1) is 12.7 Å². The Labute approximate surface area is 152 Å². The van der Waals surface area contributed by atoms with Crippen molar-refractivity contribution in [2.24, 2.45) is 0 Å². The van der Waals surface area contributed by atoms with Crippen LogP contribution in [0.3, 0.4) is 0 Å². The molecule has 0 N–H and O–H groups in total. The summed E-state index contributed by atoms with van der Waals surface area (Å²) in [6.45, 7) is 0.171. The number of hydrogen-bond acceptors (Lipinski definition) is 4. The Morgan fingerprint density at radius 1 is 1.24 bits per heavy atom. The first-order valence-corrected chi connectivity index (χ1v) is 8.29. The first kappa shape index (κ1) is 16.5. The van der Waals surface area contributed by atoms with Gasteiger partial charge in [-0.3, -0.25) is 0 Å². The highest BCUT2D eigenvalue weighted by Gasteiger charge is 2.61. The Kier molecular flexibility index (Phi) is 4.02. The molecule has 128 valence electrons.